The molecule has 0 saturated carbocycles. The number of carbonyl (C=O) groups is 2. The Hall–Kier alpha value is -2.89. The van der Waals surface area contributed by atoms with Crippen LogP contribution in [0, 0.1) is 6.92 Å². The van der Waals surface area contributed by atoms with Gasteiger partial charge in [-0.15, -0.1) is 0 Å². The zero-order valence-electron chi connectivity index (χ0n) is 18.2. The van der Waals surface area contributed by atoms with Gasteiger partial charge in [-0.05, 0) is 43.5 Å². The molecule has 1 aromatic carbocycles. The molecule has 0 bridgehead atoms. The van der Waals surface area contributed by atoms with Gasteiger partial charge in [0.15, 0.2) is 0 Å². The summed E-state index contributed by atoms with van der Waals surface area (Å²) < 4.78 is 0. The van der Waals surface area contributed by atoms with E-state index in [9.17, 15) is 9.59 Å². The first-order valence-electron chi connectivity index (χ1n) is 10.8. The van der Waals surface area contributed by atoms with E-state index >= 15 is 0 Å². The lowest BCUT2D eigenvalue weighted by molar-refractivity contribution is -0.130. The summed E-state index contributed by atoms with van der Waals surface area (Å²) in [5.41, 5.74) is 2.82. The highest BCUT2D eigenvalue weighted by Gasteiger charge is 2.22. The lowest BCUT2D eigenvalue weighted by Crippen LogP contribution is -2.49. The Morgan fingerprint density at radius 3 is 2.47 bits per heavy atom. The number of pyridine rings is 1. The van der Waals surface area contributed by atoms with Crippen molar-refractivity contribution in [2.24, 2.45) is 0 Å². The molecule has 1 N–H and O–H groups in total. The number of hydrogen-bond donors (Lipinski definition) is 1. The minimum atomic E-state index is -0.0818. The van der Waals surface area contributed by atoms with Crippen molar-refractivity contribution in [1.82, 2.24) is 15.2 Å². The Bertz CT molecular complexity index is 858. The third-order valence-corrected chi connectivity index (χ3v) is 5.67. The minimum absolute atomic E-state index is 0.0818. The van der Waals surface area contributed by atoms with Crippen molar-refractivity contribution in [3.8, 4) is 0 Å². The number of aryl methyl sites for hydroxylation is 1. The van der Waals surface area contributed by atoms with Crippen LogP contribution in [0.25, 0.3) is 0 Å². The van der Waals surface area contributed by atoms with E-state index in [0.717, 1.165) is 42.9 Å². The Morgan fingerprint density at radius 1 is 1.10 bits per heavy atom. The van der Waals surface area contributed by atoms with Crippen LogP contribution >= 0.6 is 0 Å². The molecule has 1 aliphatic heterocycles. The number of amides is 2. The van der Waals surface area contributed by atoms with E-state index in [-0.39, 0.29) is 17.9 Å². The third kappa shape index (κ3) is 5.59. The summed E-state index contributed by atoms with van der Waals surface area (Å²) in [6.45, 7) is 9.02. The van der Waals surface area contributed by atoms with Crippen molar-refractivity contribution >= 4 is 17.6 Å². The molecule has 1 atom stereocenters. The number of nitrogens with zero attached hydrogens (tertiary/aromatic N) is 3. The zero-order chi connectivity index (χ0) is 21.5. The van der Waals surface area contributed by atoms with Crippen LogP contribution in [0.15, 0.2) is 42.6 Å². The molecule has 0 radical (unpaired) electrons. The van der Waals surface area contributed by atoms with E-state index in [4.69, 9.17) is 0 Å². The Kier molecular flexibility index (Phi) is 7.44. The van der Waals surface area contributed by atoms with Crippen LogP contribution in [0.2, 0.25) is 0 Å². The van der Waals surface area contributed by atoms with E-state index in [0.29, 0.717) is 25.1 Å². The number of rotatable bonds is 7. The van der Waals surface area contributed by atoms with Gasteiger partial charge in [0.2, 0.25) is 5.91 Å². The smallest absolute Gasteiger partial charge is 0.253 e. The van der Waals surface area contributed by atoms with Crippen LogP contribution < -0.4 is 10.2 Å². The second-order valence-electron chi connectivity index (χ2n) is 8.04. The predicted octanol–water partition coefficient (Wildman–Crippen LogP) is 3.20. The van der Waals surface area contributed by atoms with Gasteiger partial charge in [-0.1, -0.05) is 37.6 Å². The lowest BCUT2D eigenvalue weighted by atomic mass is 10.1. The number of carbonyl (C=O) groups excluding carboxylic acids is 2. The first kappa shape index (κ1) is 21.8. The molecule has 3 rings (SSSR count). The molecule has 1 fully saturated rings. The van der Waals surface area contributed by atoms with Gasteiger partial charge in [0.1, 0.15) is 5.82 Å². The maximum Gasteiger partial charge on any atom is 0.253 e. The van der Waals surface area contributed by atoms with Crippen LogP contribution in [-0.4, -0.2) is 53.9 Å². The van der Waals surface area contributed by atoms with Gasteiger partial charge in [-0.3, -0.25) is 9.59 Å². The van der Waals surface area contributed by atoms with E-state index < -0.39 is 0 Å². The Balaban J connectivity index is 1.51. The lowest BCUT2D eigenvalue weighted by Gasteiger charge is -2.35. The fourth-order valence-corrected chi connectivity index (χ4v) is 3.79. The van der Waals surface area contributed by atoms with Gasteiger partial charge in [-0.25, -0.2) is 4.98 Å². The first-order chi connectivity index (χ1) is 14.5. The van der Waals surface area contributed by atoms with Gasteiger partial charge in [0.25, 0.3) is 5.91 Å². The van der Waals surface area contributed by atoms with Crippen molar-refractivity contribution < 1.29 is 9.59 Å². The number of aromatic nitrogens is 1. The van der Waals surface area contributed by atoms with Crippen LogP contribution in [0.3, 0.4) is 0 Å². The molecule has 0 aliphatic carbocycles. The third-order valence-electron chi connectivity index (χ3n) is 5.67. The van der Waals surface area contributed by atoms with E-state index in [1.54, 1.807) is 6.20 Å². The number of benzene rings is 1. The number of anilines is 1. The highest BCUT2D eigenvalue weighted by atomic mass is 16.2. The van der Waals surface area contributed by atoms with Gasteiger partial charge >= 0.3 is 0 Å². The normalized spacial score (nSPS) is 15.0. The highest BCUT2D eigenvalue weighted by molar-refractivity contribution is 5.94. The molecular formula is C24H32N4O2. The van der Waals surface area contributed by atoms with E-state index in [1.165, 1.54) is 0 Å². The Labute approximate surface area is 179 Å². The van der Waals surface area contributed by atoms with Crippen LogP contribution in [0.4, 0.5) is 5.82 Å². The summed E-state index contributed by atoms with van der Waals surface area (Å²) in [6.07, 6.45) is 4.09. The molecule has 0 spiro atoms. The molecule has 1 saturated heterocycles. The molecule has 6 heteroatoms. The summed E-state index contributed by atoms with van der Waals surface area (Å²) in [4.78, 5) is 33.5. The van der Waals surface area contributed by atoms with Crippen molar-refractivity contribution in [1.29, 1.82) is 0 Å². The topological polar surface area (TPSA) is 65.5 Å². The van der Waals surface area contributed by atoms with Gasteiger partial charge in [-0.2, -0.15) is 0 Å². The van der Waals surface area contributed by atoms with Crippen molar-refractivity contribution in [3.05, 3.63) is 59.3 Å². The molecule has 2 heterocycles. The van der Waals surface area contributed by atoms with Gasteiger partial charge < -0.3 is 15.1 Å². The molecular weight excluding hydrogens is 376 g/mol. The summed E-state index contributed by atoms with van der Waals surface area (Å²) in [7, 11) is 0. The van der Waals surface area contributed by atoms with Crippen LogP contribution in [0.5, 0.6) is 0 Å². The molecule has 160 valence electrons. The van der Waals surface area contributed by atoms with Crippen molar-refractivity contribution in [2.75, 3.05) is 31.1 Å². The van der Waals surface area contributed by atoms with E-state index in [1.807, 2.05) is 55.1 Å². The fourth-order valence-electron chi connectivity index (χ4n) is 3.79. The van der Waals surface area contributed by atoms with Gasteiger partial charge in [0, 0.05) is 38.4 Å². The molecule has 1 unspecified atom stereocenters. The molecule has 1 aliphatic rings. The number of piperazine rings is 1. The second kappa shape index (κ2) is 10.2. The molecule has 2 aromatic rings. The number of hydrogen-bond acceptors (Lipinski definition) is 4. The van der Waals surface area contributed by atoms with Crippen molar-refractivity contribution in [2.45, 2.75) is 46.1 Å². The molecule has 6 nitrogen and oxygen atoms in total. The predicted molar refractivity (Wildman–Crippen MR) is 120 cm³/mol. The maximum atomic E-state index is 12.7. The average molecular weight is 409 g/mol. The monoisotopic (exact) mass is 408 g/mol. The molecule has 2 amide bonds. The highest BCUT2D eigenvalue weighted by Crippen LogP contribution is 2.16. The first-order valence-corrected chi connectivity index (χ1v) is 10.8. The second-order valence-corrected chi connectivity index (χ2v) is 8.04. The number of nitrogens with one attached hydrogen (secondary N) is 1. The van der Waals surface area contributed by atoms with Gasteiger partial charge in [0.05, 0.1) is 12.0 Å². The van der Waals surface area contributed by atoms with Crippen LogP contribution in [-0.2, 0) is 11.2 Å². The maximum absolute atomic E-state index is 12.7. The standard InChI is InChI=1S/C24H32N4O2/c1-4-7-19(3)26-24(30)21-10-11-22(25-17-21)27-12-14-28(15-13-27)23(29)16-20-9-6-5-8-18(20)2/h5-6,8-11,17,19H,4,7,12-16H2,1-3H3,(H,26,30). The largest absolute Gasteiger partial charge is 0.353 e. The molecule has 1 aromatic heterocycles. The summed E-state index contributed by atoms with van der Waals surface area (Å²) >= 11 is 0. The Morgan fingerprint density at radius 2 is 1.83 bits per heavy atom. The average Bonchev–Trinajstić information content (AvgIpc) is 2.75. The summed E-state index contributed by atoms with van der Waals surface area (Å²) in [5, 5.41) is 3.00. The summed E-state index contributed by atoms with van der Waals surface area (Å²) in [5.74, 6) is 0.936. The zero-order valence-corrected chi connectivity index (χ0v) is 18.2. The summed E-state index contributed by atoms with van der Waals surface area (Å²) in [6, 6.07) is 11.9. The fraction of sp³-hybridized carbons (Fsp3) is 0.458. The van der Waals surface area contributed by atoms with Crippen molar-refractivity contribution in [3.63, 3.8) is 0 Å². The molecule has 30 heavy (non-hydrogen) atoms. The van der Waals surface area contributed by atoms with E-state index in [2.05, 4.69) is 22.1 Å². The van der Waals surface area contributed by atoms with Crippen LogP contribution in [0.1, 0.15) is 48.2 Å². The SMILES string of the molecule is CCCC(C)NC(=O)c1ccc(N2CCN(C(=O)Cc3ccccc3C)CC2)nc1. The minimum Gasteiger partial charge on any atom is -0.353 e. The quantitative estimate of drug-likeness (QED) is 0.764.